The van der Waals surface area contributed by atoms with Gasteiger partial charge in [-0.2, -0.15) is 5.10 Å². The van der Waals surface area contributed by atoms with Gasteiger partial charge in [-0.05, 0) is 56.9 Å². The Labute approximate surface area is 114 Å². The maximum atomic E-state index is 5.90. The summed E-state index contributed by atoms with van der Waals surface area (Å²) in [5, 5.41) is 4.82. The first-order valence-electron chi connectivity index (χ1n) is 6.91. The van der Waals surface area contributed by atoms with Crippen LogP contribution in [0.25, 0.3) is 5.69 Å². The Hall–Kier alpha value is -1.61. The van der Waals surface area contributed by atoms with Crippen LogP contribution in [-0.4, -0.2) is 16.3 Å². The first-order valence-corrected chi connectivity index (χ1v) is 6.91. The second-order valence-electron chi connectivity index (χ2n) is 5.86. The highest BCUT2D eigenvalue weighted by atomic mass is 15.3. The third-order valence-corrected chi connectivity index (χ3v) is 4.27. The fourth-order valence-corrected chi connectivity index (χ4v) is 2.64. The number of hydrogen-bond donors (Lipinski definition) is 1. The van der Waals surface area contributed by atoms with E-state index in [2.05, 4.69) is 49.7 Å². The Bertz CT molecular complexity index is 621. The molecule has 0 saturated heterocycles. The van der Waals surface area contributed by atoms with E-state index in [-0.39, 0.29) is 5.41 Å². The summed E-state index contributed by atoms with van der Waals surface area (Å²) < 4.78 is 2.06. The van der Waals surface area contributed by atoms with E-state index in [0.717, 1.165) is 5.69 Å². The van der Waals surface area contributed by atoms with E-state index < -0.39 is 0 Å². The van der Waals surface area contributed by atoms with Gasteiger partial charge in [0.1, 0.15) is 0 Å². The van der Waals surface area contributed by atoms with Crippen molar-refractivity contribution in [3.63, 3.8) is 0 Å². The molecular formula is C16H21N3. The van der Waals surface area contributed by atoms with Crippen molar-refractivity contribution in [3.05, 3.63) is 46.8 Å². The number of aryl methyl sites for hydroxylation is 3. The molecule has 2 aromatic rings. The zero-order valence-corrected chi connectivity index (χ0v) is 11.9. The Morgan fingerprint density at radius 3 is 2.58 bits per heavy atom. The average molecular weight is 255 g/mol. The van der Waals surface area contributed by atoms with E-state index >= 15 is 0 Å². The van der Waals surface area contributed by atoms with E-state index in [1.807, 2.05) is 0 Å². The topological polar surface area (TPSA) is 43.8 Å². The second-order valence-corrected chi connectivity index (χ2v) is 5.86. The van der Waals surface area contributed by atoms with Gasteiger partial charge in [0.15, 0.2) is 0 Å². The van der Waals surface area contributed by atoms with Crippen molar-refractivity contribution in [2.24, 2.45) is 5.73 Å². The molecule has 0 atom stereocenters. The number of nitrogens with two attached hydrogens (primary N) is 1. The highest BCUT2D eigenvalue weighted by Gasteiger charge is 2.45. The lowest BCUT2D eigenvalue weighted by Crippen LogP contribution is -2.20. The fraction of sp³-hybridized carbons (Fsp3) is 0.438. The molecule has 2 N–H and O–H groups in total. The molecule has 0 amide bonds. The van der Waals surface area contributed by atoms with Crippen LogP contribution in [0.3, 0.4) is 0 Å². The lowest BCUT2D eigenvalue weighted by atomic mass is 10.0. The molecular weight excluding hydrogens is 234 g/mol. The molecule has 0 spiro atoms. The van der Waals surface area contributed by atoms with Crippen LogP contribution in [0.15, 0.2) is 24.3 Å². The summed E-state index contributed by atoms with van der Waals surface area (Å²) in [7, 11) is 0. The summed E-state index contributed by atoms with van der Waals surface area (Å²) in [4.78, 5) is 0. The van der Waals surface area contributed by atoms with Crippen molar-refractivity contribution in [1.29, 1.82) is 0 Å². The third-order valence-electron chi connectivity index (χ3n) is 4.27. The number of rotatable bonds is 3. The van der Waals surface area contributed by atoms with Crippen molar-refractivity contribution in [2.45, 2.75) is 39.0 Å². The van der Waals surface area contributed by atoms with Crippen molar-refractivity contribution >= 4 is 0 Å². The van der Waals surface area contributed by atoms with E-state index in [9.17, 15) is 0 Å². The molecule has 1 aromatic heterocycles. The summed E-state index contributed by atoms with van der Waals surface area (Å²) in [5.41, 5.74) is 12.1. The minimum Gasteiger partial charge on any atom is -0.330 e. The standard InChI is InChI=1S/C16H21N3/c1-11-4-5-12(2)14(8-11)19-13(3)9-15(18-19)16(10-17)6-7-16/h4-5,8-9H,6-7,10,17H2,1-3H3. The quantitative estimate of drug-likeness (QED) is 0.916. The molecule has 1 aromatic carbocycles. The number of hydrogen-bond acceptors (Lipinski definition) is 2. The molecule has 0 radical (unpaired) electrons. The molecule has 1 fully saturated rings. The molecule has 1 aliphatic rings. The van der Waals surface area contributed by atoms with E-state index in [1.54, 1.807) is 0 Å². The van der Waals surface area contributed by atoms with Gasteiger partial charge in [0.05, 0.1) is 11.4 Å². The van der Waals surface area contributed by atoms with Gasteiger partial charge in [0.2, 0.25) is 0 Å². The molecule has 1 heterocycles. The normalized spacial score (nSPS) is 16.6. The monoisotopic (exact) mass is 255 g/mol. The highest BCUT2D eigenvalue weighted by Crippen LogP contribution is 2.46. The summed E-state index contributed by atoms with van der Waals surface area (Å²) in [6.45, 7) is 7.07. The number of nitrogens with zero attached hydrogens (tertiary/aromatic N) is 2. The van der Waals surface area contributed by atoms with Gasteiger partial charge in [0, 0.05) is 17.7 Å². The molecule has 100 valence electrons. The molecule has 3 rings (SSSR count). The summed E-state index contributed by atoms with van der Waals surface area (Å²) in [6, 6.07) is 8.69. The third kappa shape index (κ3) is 1.98. The summed E-state index contributed by atoms with van der Waals surface area (Å²) >= 11 is 0. The van der Waals surface area contributed by atoms with Crippen LogP contribution in [0.5, 0.6) is 0 Å². The lowest BCUT2D eigenvalue weighted by molar-refractivity contribution is 0.659. The molecule has 1 aliphatic carbocycles. The molecule has 0 aliphatic heterocycles. The van der Waals surface area contributed by atoms with Crippen molar-refractivity contribution in [1.82, 2.24) is 9.78 Å². The van der Waals surface area contributed by atoms with Crippen molar-refractivity contribution in [3.8, 4) is 5.69 Å². The van der Waals surface area contributed by atoms with Gasteiger partial charge in [-0.3, -0.25) is 0 Å². The van der Waals surface area contributed by atoms with Crippen molar-refractivity contribution in [2.75, 3.05) is 6.54 Å². The minimum atomic E-state index is 0.160. The zero-order chi connectivity index (χ0) is 13.6. The summed E-state index contributed by atoms with van der Waals surface area (Å²) in [6.07, 6.45) is 2.35. The van der Waals surface area contributed by atoms with E-state index in [4.69, 9.17) is 10.8 Å². The van der Waals surface area contributed by atoms with Crippen LogP contribution in [0.4, 0.5) is 0 Å². The van der Waals surface area contributed by atoms with Crippen LogP contribution in [-0.2, 0) is 5.41 Å². The fourth-order valence-electron chi connectivity index (χ4n) is 2.64. The Morgan fingerprint density at radius 1 is 1.21 bits per heavy atom. The largest absolute Gasteiger partial charge is 0.330 e. The molecule has 0 bridgehead atoms. The molecule has 19 heavy (non-hydrogen) atoms. The minimum absolute atomic E-state index is 0.160. The summed E-state index contributed by atoms with van der Waals surface area (Å²) in [5.74, 6) is 0. The predicted octanol–water partition coefficient (Wildman–Crippen LogP) is 2.79. The lowest BCUT2D eigenvalue weighted by Gasteiger charge is -2.10. The zero-order valence-electron chi connectivity index (χ0n) is 11.9. The predicted molar refractivity (Wildman–Crippen MR) is 77.7 cm³/mol. The average Bonchev–Trinajstić information content (AvgIpc) is 3.10. The van der Waals surface area contributed by atoms with Crippen LogP contribution in [0.2, 0.25) is 0 Å². The number of aromatic nitrogens is 2. The highest BCUT2D eigenvalue weighted by molar-refractivity contribution is 5.44. The first kappa shape index (κ1) is 12.4. The maximum absolute atomic E-state index is 5.90. The van der Waals surface area contributed by atoms with Gasteiger partial charge in [-0.1, -0.05) is 12.1 Å². The Balaban J connectivity index is 2.08. The van der Waals surface area contributed by atoms with Crippen LogP contribution in [0, 0.1) is 20.8 Å². The van der Waals surface area contributed by atoms with Gasteiger partial charge in [-0.25, -0.2) is 4.68 Å². The van der Waals surface area contributed by atoms with Gasteiger partial charge in [0.25, 0.3) is 0 Å². The van der Waals surface area contributed by atoms with Crippen molar-refractivity contribution < 1.29 is 0 Å². The smallest absolute Gasteiger partial charge is 0.0706 e. The number of benzene rings is 1. The molecule has 1 saturated carbocycles. The van der Waals surface area contributed by atoms with Crippen LogP contribution < -0.4 is 5.73 Å². The first-order chi connectivity index (χ1) is 9.05. The molecule has 3 heteroatoms. The van der Waals surface area contributed by atoms with Crippen LogP contribution in [0.1, 0.15) is 35.4 Å². The second kappa shape index (κ2) is 4.20. The van der Waals surface area contributed by atoms with Crippen LogP contribution >= 0.6 is 0 Å². The van der Waals surface area contributed by atoms with Gasteiger partial charge in [-0.15, -0.1) is 0 Å². The Morgan fingerprint density at radius 2 is 1.95 bits per heavy atom. The van der Waals surface area contributed by atoms with Gasteiger partial charge >= 0.3 is 0 Å². The van der Waals surface area contributed by atoms with E-state index in [1.165, 1.54) is 35.3 Å². The molecule has 3 nitrogen and oxygen atoms in total. The Kier molecular flexibility index (Phi) is 2.75. The maximum Gasteiger partial charge on any atom is 0.0706 e. The van der Waals surface area contributed by atoms with Gasteiger partial charge < -0.3 is 5.73 Å². The molecule has 0 unspecified atom stereocenters. The van der Waals surface area contributed by atoms with E-state index in [0.29, 0.717) is 6.54 Å². The SMILES string of the molecule is Cc1ccc(C)c(-n2nc(C3(CN)CC3)cc2C)c1.